The number of carbonyl (C=O) groups excluding carboxylic acids is 1. The van der Waals surface area contributed by atoms with Crippen LogP contribution >= 0.6 is 0 Å². The summed E-state index contributed by atoms with van der Waals surface area (Å²) in [6.45, 7) is 1.99. The molecule has 0 amide bonds. The van der Waals surface area contributed by atoms with Crippen molar-refractivity contribution in [3.05, 3.63) is 48.2 Å². The molecule has 0 bridgehead atoms. The number of carbonyl (C=O) groups is 1. The normalized spacial score (nSPS) is 11.7. The van der Waals surface area contributed by atoms with E-state index in [9.17, 15) is 4.79 Å². The Balaban J connectivity index is 2.06. The Hall–Kier alpha value is -2.50. The van der Waals surface area contributed by atoms with Gasteiger partial charge < -0.3 is 10.1 Å². The Morgan fingerprint density at radius 2 is 2.16 bits per heavy atom. The zero-order chi connectivity index (χ0) is 13.7. The molecule has 2 aromatic rings. The predicted octanol–water partition coefficient (Wildman–Crippen LogP) is 1.83. The summed E-state index contributed by atoms with van der Waals surface area (Å²) in [7, 11) is 1.31. The molecular formula is C13H14N4O2. The zero-order valence-corrected chi connectivity index (χ0v) is 10.7. The van der Waals surface area contributed by atoms with Crippen LogP contribution in [0.4, 0.5) is 5.82 Å². The first kappa shape index (κ1) is 12.9. The fourth-order valence-electron chi connectivity index (χ4n) is 1.55. The molecule has 2 aromatic heterocycles. The maximum Gasteiger partial charge on any atom is 0.358 e. The molecule has 6 heteroatoms. The number of rotatable bonds is 4. The van der Waals surface area contributed by atoms with E-state index in [1.54, 1.807) is 12.4 Å². The molecule has 98 valence electrons. The van der Waals surface area contributed by atoms with Crippen molar-refractivity contribution < 1.29 is 9.53 Å². The van der Waals surface area contributed by atoms with Crippen LogP contribution in [-0.2, 0) is 4.74 Å². The Bertz CT molecular complexity index is 542. The highest BCUT2D eigenvalue weighted by Gasteiger charge is 2.09. The van der Waals surface area contributed by atoms with Gasteiger partial charge in [0.25, 0.3) is 0 Å². The lowest BCUT2D eigenvalue weighted by molar-refractivity contribution is 0.0593. The molecule has 0 aliphatic heterocycles. The van der Waals surface area contributed by atoms with Crippen LogP contribution in [-0.4, -0.2) is 28.0 Å². The molecule has 0 spiro atoms. The summed E-state index contributed by atoms with van der Waals surface area (Å²) < 4.78 is 4.56. The van der Waals surface area contributed by atoms with Crippen molar-refractivity contribution in [2.24, 2.45) is 0 Å². The number of nitrogens with one attached hydrogen (secondary N) is 1. The highest BCUT2D eigenvalue weighted by molar-refractivity contribution is 5.86. The lowest BCUT2D eigenvalue weighted by Crippen LogP contribution is -2.10. The fraction of sp³-hybridized carbons (Fsp3) is 0.231. The highest BCUT2D eigenvalue weighted by Crippen LogP contribution is 2.15. The van der Waals surface area contributed by atoms with E-state index >= 15 is 0 Å². The molecule has 1 N–H and O–H groups in total. The molecule has 6 nitrogen and oxygen atoms in total. The minimum Gasteiger partial charge on any atom is -0.464 e. The number of anilines is 1. The van der Waals surface area contributed by atoms with Crippen molar-refractivity contribution in [3.63, 3.8) is 0 Å². The third-order valence-corrected chi connectivity index (χ3v) is 2.60. The van der Waals surface area contributed by atoms with Gasteiger partial charge in [0.1, 0.15) is 5.82 Å². The Morgan fingerprint density at radius 3 is 2.74 bits per heavy atom. The average Bonchev–Trinajstić information content (AvgIpc) is 2.48. The summed E-state index contributed by atoms with van der Waals surface area (Å²) in [4.78, 5) is 23.4. The van der Waals surface area contributed by atoms with Gasteiger partial charge in [-0.1, -0.05) is 6.07 Å². The summed E-state index contributed by atoms with van der Waals surface area (Å²) in [5.74, 6) is 0.0864. The van der Waals surface area contributed by atoms with Gasteiger partial charge in [0.15, 0.2) is 5.69 Å². The van der Waals surface area contributed by atoms with Gasteiger partial charge in [0.2, 0.25) is 0 Å². The van der Waals surface area contributed by atoms with E-state index in [0.717, 1.165) is 5.56 Å². The van der Waals surface area contributed by atoms with Crippen LogP contribution in [0.15, 0.2) is 36.9 Å². The van der Waals surface area contributed by atoms with Crippen molar-refractivity contribution in [2.45, 2.75) is 13.0 Å². The van der Waals surface area contributed by atoms with Gasteiger partial charge >= 0.3 is 5.97 Å². The van der Waals surface area contributed by atoms with E-state index < -0.39 is 5.97 Å². The van der Waals surface area contributed by atoms with Gasteiger partial charge in [0, 0.05) is 12.4 Å². The van der Waals surface area contributed by atoms with Crippen LogP contribution in [0.25, 0.3) is 0 Å². The maximum atomic E-state index is 11.2. The summed E-state index contributed by atoms with van der Waals surface area (Å²) in [5, 5.41) is 3.18. The molecule has 0 fully saturated rings. The molecular weight excluding hydrogens is 244 g/mol. The Morgan fingerprint density at radius 1 is 1.32 bits per heavy atom. The summed E-state index contributed by atoms with van der Waals surface area (Å²) in [5.41, 5.74) is 1.23. The largest absolute Gasteiger partial charge is 0.464 e. The molecule has 0 aliphatic carbocycles. The van der Waals surface area contributed by atoms with E-state index in [1.807, 2.05) is 19.1 Å². The number of pyridine rings is 1. The first-order chi connectivity index (χ1) is 9.20. The van der Waals surface area contributed by atoms with Crippen LogP contribution in [0.2, 0.25) is 0 Å². The first-order valence-corrected chi connectivity index (χ1v) is 5.77. The van der Waals surface area contributed by atoms with E-state index in [-0.39, 0.29) is 11.7 Å². The van der Waals surface area contributed by atoms with Crippen LogP contribution in [0.5, 0.6) is 0 Å². The second kappa shape index (κ2) is 5.90. The molecule has 0 saturated carbocycles. The van der Waals surface area contributed by atoms with E-state index in [2.05, 4.69) is 25.0 Å². The molecule has 19 heavy (non-hydrogen) atoms. The quantitative estimate of drug-likeness (QED) is 0.843. The SMILES string of the molecule is COC(=O)c1cnc(NC(C)c2cccnc2)cn1. The van der Waals surface area contributed by atoms with Gasteiger partial charge in [-0.25, -0.2) is 14.8 Å². The molecule has 1 unspecified atom stereocenters. The fourth-order valence-corrected chi connectivity index (χ4v) is 1.55. The van der Waals surface area contributed by atoms with Crippen LogP contribution in [0.3, 0.4) is 0 Å². The van der Waals surface area contributed by atoms with E-state index in [0.29, 0.717) is 5.82 Å². The van der Waals surface area contributed by atoms with Crippen LogP contribution in [0, 0.1) is 0 Å². The van der Waals surface area contributed by atoms with Crippen molar-refractivity contribution in [1.82, 2.24) is 15.0 Å². The molecule has 0 aromatic carbocycles. The van der Waals surface area contributed by atoms with Gasteiger partial charge in [0.05, 0.1) is 25.5 Å². The Labute approximate surface area is 110 Å². The van der Waals surface area contributed by atoms with Crippen molar-refractivity contribution in [2.75, 3.05) is 12.4 Å². The average molecular weight is 258 g/mol. The third-order valence-electron chi connectivity index (χ3n) is 2.60. The zero-order valence-electron chi connectivity index (χ0n) is 10.7. The van der Waals surface area contributed by atoms with Crippen molar-refractivity contribution >= 4 is 11.8 Å². The number of ether oxygens (including phenoxy) is 1. The minimum atomic E-state index is -0.501. The van der Waals surface area contributed by atoms with Crippen LogP contribution < -0.4 is 5.32 Å². The van der Waals surface area contributed by atoms with Crippen LogP contribution in [0.1, 0.15) is 29.0 Å². The van der Waals surface area contributed by atoms with Gasteiger partial charge in [-0.05, 0) is 18.6 Å². The third kappa shape index (κ3) is 3.25. The van der Waals surface area contributed by atoms with Gasteiger partial charge in [-0.2, -0.15) is 0 Å². The first-order valence-electron chi connectivity index (χ1n) is 5.77. The lowest BCUT2D eigenvalue weighted by atomic mass is 10.1. The highest BCUT2D eigenvalue weighted by atomic mass is 16.5. The maximum absolute atomic E-state index is 11.2. The van der Waals surface area contributed by atoms with E-state index in [1.165, 1.54) is 19.5 Å². The molecule has 0 saturated heterocycles. The number of aromatic nitrogens is 3. The molecule has 1 atom stereocenters. The van der Waals surface area contributed by atoms with Crippen molar-refractivity contribution in [1.29, 1.82) is 0 Å². The number of hydrogen-bond donors (Lipinski definition) is 1. The number of nitrogens with zero attached hydrogens (tertiary/aromatic N) is 3. The number of esters is 1. The number of hydrogen-bond acceptors (Lipinski definition) is 6. The second-order valence-corrected chi connectivity index (χ2v) is 3.93. The molecule has 0 aliphatic rings. The predicted molar refractivity (Wildman–Crippen MR) is 69.6 cm³/mol. The Kier molecular flexibility index (Phi) is 4.02. The topological polar surface area (TPSA) is 77.0 Å². The van der Waals surface area contributed by atoms with E-state index in [4.69, 9.17) is 0 Å². The molecule has 2 rings (SSSR count). The molecule has 2 heterocycles. The summed E-state index contributed by atoms with van der Waals surface area (Å²) in [6.07, 6.45) is 6.39. The number of methoxy groups -OCH3 is 1. The van der Waals surface area contributed by atoms with Crippen molar-refractivity contribution in [3.8, 4) is 0 Å². The minimum absolute atomic E-state index is 0.0481. The summed E-state index contributed by atoms with van der Waals surface area (Å²) in [6, 6.07) is 3.90. The standard InChI is InChI=1S/C13H14N4O2/c1-9(10-4-3-5-14-6-10)17-12-8-15-11(7-16-12)13(18)19-2/h3-9H,1-2H3,(H,16,17). The molecule has 0 radical (unpaired) electrons. The smallest absolute Gasteiger partial charge is 0.358 e. The van der Waals surface area contributed by atoms with Gasteiger partial charge in [-0.3, -0.25) is 4.98 Å². The monoisotopic (exact) mass is 258 g/mol. The van der Waals surface area contributed by atoms with Gasteiger partial charge in [-0.15, -0.1) is 0 Å². The second-order valence-electron chi connectivity index (χ2n) is 3.93. The summed E-state index contributed by atoms with van der Waals surface area (Å²) >= 11 is 0. The lowest BCUT2D eigenvalue weighted by Gasteiger charge is -2.14.